The zero-order chi connectivity index (χ0) is 11.5. The summed E-state index contributed by atoms with van der Waals surface area (Å²) < 4.78 is 5.23. The molecule has 0 unspecified atom stereocenters. The van der Waals surface area contributed by atoms with Gasteiger partial charge in [0.15, 0.2) is 0 Å². The number of rotatable bonds is 2. The van der Waals surface area contributed by atoms with Crippen LogP contribution in [0.25, 0.3) is 10.8 Å². The molecule has 0 aliphatic carbocycles. The minimum atomic E-state index is 0.896. The molecule has 0 aromatic heterocycles. The molecule has 16 heavy (non-hydrogen) atoms. The zero-order valence-corrected chi connectivity index (χ0v) is 9.82. The van der Waals surface area contributed by atoms with E-state index in [2.05, 4.69) is 36.2 Å². The van der Waals surface area contributed by atoms with Crippen molar-refractivity contribution in [2.45, 2.75) is 6.92 Å². The van der Waals surface area contributed by atoms with E-state index in [-0.39, 0.29) is 0 Å². The number of ether oxygens (including phenoxy) is 1. The second-order valence-electron chi connectivity index (χ2n) is 3.81. The number of benzene rings is 2. The molecular weight excluding hydrogens is 198 g/mol. The van der Waals surface area contributed by atoms with Crippen LogP contribution in [0.4, 0.5) is 0 Å². The Kier molecular flexibility index (Phi) is 2.91. The van der Waals surface area contributed by atoms with Crippen molar-refractivity contribution in [1.82, 2.24) is 0 Å². The number of fused-ring (bicyclic) bond motifs is 1. The van der Waals surface area contributed by atoms with Crippen molar-refractivity contribution in [3.63, 3.8) is 0 Å². The molecular formula is C14H15NO. The summed E-state index contributed by atoms with van der Waals surface area (Å²) in [7, 11) is 3.47. The maximum absolute atomic E-state index is 5.23. The Morgan fingerprint density at radius 1 is 1.19 bits per heavy atom. The molecule has 0 radical (unpaired) electrons. The van der Waals surface area contributed by atoms with Gasteiger partial charge < -0.3 is 4.74 Å². The molecule has 0 aliphatic rings. The van der Waals surface area contributed by atoms with Crippen LogP contribution in [-0.2, 0) is 0 Å². The van der Waals surface area contributed by atoms with Crippen LogP contribution in [0, 0.1) is 6.92 Å². The van der Waals surface area contributed by atoms with E-state index in [1.165, 1.54) is 16.3 Å². The van der Waals surface area contributed by atoms with Crippen molar-refractivity contribution in [2.75, 3.05) is 14.2 Å². The third kappa shape index (κ3) is 1.91. The van der Waals surface area contributed by atoms with Gasteiger partial charge in [-0.3, -0.25) is 4.99 Å². The van der Waals surface area contributed by atoms with E-state index in [1.807, 2.05) is 12.3 Å². The van der Waals surface area contributed by atoms with E-state index in [1.54, 1.807) is 14.2 Å². The highest BCUT2D eigenvalue weighted by atomic mass is 16.5. The summed E-state index contributed by atoms with van der Waals surface area (Å²) in [6.07, 6.45) is 1.87. The molecule has 82 valence electrons. The molecule has 2 rings (SSSR count). The quantitative estimate of drug-likeness (QED) is 0.702. The van der Waals surface area contributed by atoms with Crippen LogP contribution in [0.15, 0.2) is 35.3 Å². The molecule has 2 heteroatoms. The molecule has 0 N–H and O–H groups in total. The molecule has 0 atom stereocenters. The fourth-order valence-corrected chi connectivity index (χ4v) is 1.90. The van der Waals surface area contributed by atoms with Gasteiger partial charge in [-0.1, -0.05) is 6.07 Å². The zero-order valence-electron chi connectivity index (χ0n) is 9.82. The predicted octanol–water partition coefficient (Wildman–Crippen LogP) is 3.21. The number of nitrogens with zero attached hydrogens (tertiary/aromatic N) is 1. The van der Waals surface area contributed by atoms with Crippen molar-refractivity contribution in [1.29, 1.82) is 0 Å². The smallest absolute Gasteiger partial charge is 0.119 e. The number of aliphatic imine (C=N–C) groups is 1. The van der Waals surface area contributed by atoms with Gasteiger partial charge >= 0.3 is 0 Å². The standard InChI is InChI=1S/C14H15NO/c1-10-6-11(9-15-2)7-12-4-5-13(16-3)8-14(10)12/h4-9H,1-3H3/b15-9+. The Morgan fingerprint density at radius 3 is 2.69 bits per heavy atom. The second kappa shape index (κ2) is 4.35. The van der Waals surface area contributed by atoms with Crippen molar-refractivity contribution in [3.05, 3.63) is 41.5 Å². The predicted molar refractivity (Wildman–Crippen MR) is 68.8 cm³/mol. The summed E-state index contributed by atoms with van der Waals surface area (Å²) in [5.41, 5.74) is 2.38. The Balaban J connectivity index is 2.66. The minimum absolute atomic E-state index is 0.896. The lowest BCUT2D eigenvalue weighted by atomic mass is 10.0. The van der Waals surface area contributed by atoms with Gasteiger partial charge in [-0.15, -0.1) is 0 Å². The van der Waals surface area contributed by atoms with Gasteiger partial charge in [0.05, 0.1) is 7.11 Å². The molecule has 2 aromatic carbocycles. The fraction of sp³-hybridized carbons (Fsp3) is 0.214. The third-order valence-corrected chi connectivity index (χ3v) is 2.67. The number of hydrogen-bond acceptors (Lipinski definition) is 2. The average molecular weight is 213 g/mol. The van der Waals surface area contributed by atoms with Crippen LogP contribution < -0.4 is 4.74 Å². The summed E-state index contributed by atoms with van der Waals surface area (Å²) in [6, 6.07) is 10.4. The van der Waals surface area contributed by atoms with Gasteiger partial charge in [0.1, 0.15) is 5.75 Å². The normalized spacial score (nSPS) is 11.2. The lowest BCUT2D eigenvalue weighted by molar-refractivity contribution is 0.415. The summed E-state index contributed by atoms with van der Waals surface area (Å²) in [5.74, 6) is 0.896. The van der Waals surface area contributed by atoms with Crippen LogP contribution in [0.1, 0.15) is 11.1 Å². The largest absolute Gasteiger partial charge is 0.497 e. The van der Waals surface area contributed by atoms with Crippen molar-refractivity contribution in [2.24, 2.45) is 4.99 Å². The lowest BCUT2D eigenvalue weighted by Crippen LogP contribution is -1.88. The van der Waals surface area contributed by atoms with Crippen LogP contribution in [0.2, 0.25) is 0 Å². The molecule has 0 spiro atoms. The van der Waals surface area contributed by atoms with Gasteiger partial charge in [0.25, 0.3) is 0 Å². The first-order valence-corrected chi connectivity index (χ1v) is 5.25. The van der Waals surface area contributed by atoms with E-state index in [0.29, 0.717) is 0 Å². The molecule has 0 heterocycles. The molecule has 2 aromatic rings. The van der Waals surface area contributed by atoms with Crippen LogP contribution in [0.3, 0.4) is 0 Å². The van der Waals surface area contributed by atoms with Gasteiger partial charge in [-0.25, -0.2) is 0 Å². The third-order valence-electron chi connectivity index (χ3n) is 2.67. The summed E-state index contributed by atoms with van der Waals surface area (Å²) in [5, 5.41) is 2.45. The van der Waals surface area contributed by atoms with Crippen molar-refractivity contribution < 1.29 is 4.74 Å². The molecule has 0 saturated carbocycles. The van der Waals surface area contributed by atoms with Gasteiger partial charge in [-0.2, -0.15) is 0 Å². The van der Waals surface area contributed by atoms with Crippen LogP contribution in [-0.4, -0.2) is 20.4 Å². The number of methoxy groups -OCH3 is 1. The van der Waals surface area contributed by atoms with E-state index in [4.69, 9.17) is 4.74 Å². The maximum Gasteiger partial charge on any atom is 0.119 e. The molecule has 0 amide bonds. The average Bonchev–Trinajstić information content (AvgIpc) is 2.29. The van der Waals surface area contributed by atoms with E-state index < -0.39 is 0 Å². The highest BCUT2D eigenvalue weighted by molar-refractivity contribution is 5.93. The highest BCUT2D eigenvalue weighted by Crippen LogP contribution is 2.24. The fourth-order valence-electron chi connectivity index (χ4n) is 1.90. The first-order chi connectivity index (χ1) is 7.74. The molecule has 0 fully saturated rings. The SMILES string of the molecule is C/N=C/c1cc(C)c2cc(OC)ccc2c1. The molecule has 0 saturated heterocycles. The first-order valence-electron chi connectivity index (χ1n) is 5.25. The van der Waals surface area contributed by atoms with E-state index in [9.17, 15) is 0 Å². The van der Waals surface area contributed by atoms with E-state index >= 15 is 0 Å². The van der Waals surface area contributed by atoms with Crippen molar-refractivity contribution in [3.8, 4) is 5.75 Å². The Hall–Kier alpha value is -1.83. The summed E-state index contributed by atoms with van der Waals surface area (Å²) in [4.78, 5) is 4.04. The van der Waals surface area contributed by atoms with Gasteiger partial charge in [-0.05, 0) is 53.1 Å². The Morgan fingerprint density at radius 2 is 2.00 bits per heavy atom. The molecule has 0 bridgehead atoms. The van der Waals surface area contributed by atoms with Crippen LogP contribution in [0.5, 0.6) is 5.75 Å². The summed E-state index contributed by atoms with van der Waals surface area (Å²) >= 11 is 0. The molecule has 2 nitrogen and oxygen atoms in total. The summed E-state index contributed by atoms with van der Waals surface area (Å²) in [6.45, 7) is 2.11. The monoisotopic (exact) mass is 213 g/mol. The Bertz CT molecular complexity index is 544. The lowest BCUT2D eigenvalue weighted by Gasteiger charge is -2.06. The minimum Gasteiger partial charge on any atom is -0.497 e. The Labute approximate surface area is 95.6 Å². The maximum atomic E-state index is 5.23. The topological polar surface area (TPSA) is 21.6 Å². The van der Waals surface area contributed by atoms with Gasteiger partial charge in [0.2, 0.25) is 0 Å². The van der Waals surface area contributed by atoms with Gasteiger partial charge in [0, 0.05) is 13.3 Å². The second-order valence-corrected chi connectivity index (χ2v) is 3.81. The van der Waals surface area contributed by atoms with Crippen LogP contribution >= 0.6 is 0 Å². The first kappa shape index (κ1) is 10.7. The van der Waals surface area contributed by atoms with E-state index in [0.717, 1.165) is 11.3 Å². The molecule has 0 aliphatic heterocycles. The number of hydrogen-bond donors (Lipinski definition) is 0. The highest BCUT2D eigenvalue weighted by Gasteiger charge is 2.01. The van der Waals surface area contributed by atoms with Crippen molar-refractivity contribution >= 4 is 17.0 Å². The number of aryl methyl sites for hydroxylation is 1.